The van der Waals surface area contributed by atoms with E-state index in [0.717, 1.165) is 0 Å². The van der Waals surface area contributed by atoms with Gasteiger partial charge in [0.15, 0.2) is 0 Å². The van der Waals surface area contributed by atoms with Crippen molar-refractivity contribution in [1.29, 1.82) is 0 Å². The molecule has 5 heteroatoms. The lowest BCUT2D eigenvalue weighted by atomic mass is 10.1. The van der Waals surface area contributed by atoms with E-state index in [9.17, 15) is 14.3 Å². The Kier molecular flexibility index (Phi) is 5.95. The molecule has 1 amide bonds. The molecule has 0 bridgehead atoms. The minimum Gasteiger partial charge on any atom is -0.389 e. The maximum atomic E-state index is 14.0. The Labute approximate surface area is 119 Å². The van der Waals surface area contributed by atoms with E-state index in [2.05, 4.69) is 0 Å². The molecule has 1 rings (SSSR count). The molecule has 0 saturated carbocycles. The number of rotatable bonds is 6. The predicted octanol–water partition coefficient (Wildman–Crippen LogP) is 2.18. The predicted molar refractivity (Wildman–Crippen MR) is 78.2 cm³/mol. The van der Waals surface area contributed by atoms with Gasteiger partial charge in [-0.05, 0) is 26.8 Å². The van der Waals surface area contributed by atoms with Crippen LogP contribution in [0.5, 0.6) is 0 Å². The number of nitrogens with zero attached hydrogens (tertiary/aromatic N) is 2. The Hall–Kier alpha value is -1.62. The van der Waals surface area contributed by atoms with Gasteiger partial charge in [0, 0.05) is 25.7 Å². The molecule has 1 N–H and O–H groups in total. The van der Waals surface area contributed by atoms with Gasteiger partial charge in [-0.25, -0.2) is 4.39 Å². The lowest BCUT2D eigenvalue weighted by molar-refractivity contribution is -0.129. The van der Waals surface area contributed by atoms with E-state index in [1.807, 2.05) is 13.8 Å². The SMILES string of the molecule is CCN(CC)C(=O)CN(C)c1c(F)cccc1C(C)O. The molecule has 20 heavy (non-hydrogen) atoms. The quantitative estimate of drug-likeness (QED) is 0.870. The minimum atomic E-state index is -0.785. The number of benzene rings is 1. The zero-order valence-electron chi connectivity index (χ0n) is 12.6. The van der Waals surface area contributed by atoms with Crippen LogP contribution in [0.4, 0.5) is 10.1 Å². The fourth-order valence-electron chi connectivity index (χ4n) is 2.23. The first-order valence-electron chi connectivity index (χ1n) is 6.87. The Morgan fingerprint density at radius 3 is 2.45 bits per heavy atom. The fourth-order valence-corrected chi connectivity index (χ4v) is 2.23. The van der Waals surface area contributed by atoms with E-state index >= 15 is 0 Å². The molecule has 0 radical (unpaired) electrons. The topological polar surface area (TPSA) is 43.8 Å². The average Bonchev–Trinajstić information content (AvgIpc) is 2.39. The van der Waals surface area contributed by atoms with Crippen LogP contribution in [0.25, 0.3) is 0 Å². The zero-order chi connectivity index (χ0) is 15.3. The third kappa shape index (κ3) is 3.70. The summed E-state index contributed by atoms with van der Waals surface area (Å²) in [5.41, 5.74) is 0.767. The van der Waals surface area contributed by atoms with Crippen molar-refractivity contribution in [2.75, 3.05) is 31.6 Å². The van der Waals surface area contributed by atoms with Crippen LogP contribution >= 0.6 is 0 Å². The van der Waals surface area contributed by atoms with Crippen molar-refractivity contribution in [3.63, 3.8) is 0 Å². The standard InChI is InChI=1S/C15H23FN2O2/c1-5-18(6-2)14(20)10-17(4)15-12(11(3)19)8-7-9-13(15)16/h7-9,11,19H,5-6,10H2,1-4H3. The summed E-state index contributed by atoms with van der Waals surface area (Å²) in [5.74, 6) is -0.490. The zero-order valence-corrected chi connectivity index (χ0v) is 12.6. The number of hydrogen-bond acceptors (Lipinski definition) is 3. The summed E-state index contributed by atoms with van der Waals surface area (Å²) in [7, 11) is 1.66. The molecule has 112 valence electrons. The van der Waals surface area contributed by atoms with Crippen LogP contribution < -0.4 is 4.90 Å². The molecule has 0 aliphatic heterocycles. The molecule has 0 spiro atoms. The van der Waals surface area contributed by atoms with Crippen LogP contribution in [0.3, 0.4) is 0 Å². The lowest BCUT2D eigenvalue weighted by Crippen LogP contribution is -2.39. The van der Waals surface area contributed by atoms with Gasteiger partial charge in [0.1, 0.15) is 5.82 Å². The molecule has 0 aromatic heterocycles. The molecule has 0 fully saturated rings. The molecule has 4 nitrogen and oxygen atoms in total. The summed E-state index contributed by atoms with van der Waals surface area (Å²) in [6.07, 6.45) is -0.785. The van der Waals surface area contributed by atoms with Gasteiger partial charge in [0.05, 0.1) is 18.3 Å². The molecule has 0 aliphatic rings. The van der Waals surface area contributed by atoms with Gasteiger partial charge in [-0.3, -0.25) is 4.79 Å². The van der Waals surface area contributed by atoms with Crippen molar-refractivity contribution in [3.8, 4) is 0 Å². The Morgan fingerprint density at radius 2 is 1.95 bits per heavy atom. The number of hydrogen-bond donors (Lipinski definition) is 1. The summed E-state index contributed by atoms with van der Waals surface area (Å²) in [5, 5.41) is 9.72. The van der Waals surface area contributed by atoms with Gasteiger partial charge in [-0.15, -0.1) is 0 Å². The summed E-state index contributed by atoms with van der Waals surface area (Å²) in [4.78, 5) is 15.3. The highest BCUT2D eigenvalue weighted by atomic mass is 19.1. The number of amides is 1. The molecule has 1 atom stereocenters. The fraction of sp³-hybridized carbons (Fsp3) is 0.533. The number of halogens is 1. The Bertz CT molecular complexity index is 459. The van der Waals surface area contributed by atoms with Gasteiger partial charge < -0.3 is 14.9 Å². The van der Waals surface area contributed by atoms with Crippen LogP contribution in [0, 0.1) is 5.82 Å². The minimum absolute atomic E-state index is 0.0581. The number of carbonyl (C=O) groups excluding carboxylic acids is 1. The number of anilines is 1. The summed E-state index contributed by atoms with van der Waals surface area (Å²) in [6.45, 7) is 6.74. The van der Waals surface area contributed by atoms with Gasteiger partial charge in [-0.2, -0.15) is 0 Å². The first kappa shape index (κ1) is 16.4. The monoisotopic (exact) mass is 282 g/mol. The lowest BCUT2D eigenvalue weighted by Gasteiger charge is -2.27. The van der Waals surface area contributed by atoms with Crippen molar-refractivity contribution in [2.45, 2.75) is 26.9 Å². The van der Waals surface area contributed by atoms with Crippen molar-refractivity contribution in [2.24, 2.45) is 0 Å². The largest absolute Gasteiger partial charge is 0.389 e. The number of para-hydroxylation sites is 1. The van der Waals surface area contributed by atoms with E-state index in [4.69, 9.17) is 0 Å². The number of carbonyl (C=O) groups is 1. The summed E-state index contributed by atoms with van der Waals surface area (Å²) in [6, 6.07) is 4.56. The van der Waals surface area contributed by atoms with Gasteiger partial charge in [0.2, 0.25) is 5.91 Å². The van der Waals surface area contributed by atoms with Crippen molar-refractivity contribution >= 4 is 11.6 Å². The molecule has 1 aromatic carbocycles. The molecular weight excluding hydrogens is 259 g/mol. The second-order valence-electron chi connectivity index (χ2n) is 4.78. The molecule has 0 heterocycles. The number of aliphatic hydroxyl groups excluding tert-OH is 1. The van der Waals surface area contributed by atoms with Crippen LogP contribution in [-0.2, 0) is 4.79 Å². The third-order valence-corrected chi connectivity index (χ3v) is 3.34. The molecular formula is C15H23FN2O2. The van der Waals surface area contributed by atoms with E-state index < -0.39 is 11.9 Å². The second kappa shape index (κ2) is 7.24. The maximum absolute atomic E-state index is 14.0. The first-order chi connectivity index (χ1) is 9.42. The van der Waals surface area contributed by atoms with E-state index in [1.54, 1.807) is 35.9 Å². The number of likely N-dealkylation sites (N-methyl/N-ethyl adjacent to an activating group) is 2. The van der Waals surface area contributed by atoms with Crippen LogP contribution in [-0.4, -0.2) is 42.6 Å². The maximum Gasteiger partial charge on any atom is 0.242 e. The normalized spacial score (nSPS) is 12.1. The van der Waals surface area contributed by atoms with Crippen LogP contribution in [0.2, 0.25) is 0 Å². The van der Waals surface area contributed by atoms with Crippen molar-refractivity contribution < 1.29 is 14.3 Å². The van der Waals surface area contributed by atoms with Crippen LogP contribution in [0.1, 0.15) is 32.4 Å². The molecule has 0 aliphatic carbocycles. The van der Waals surface area contributed by atoms with Crippen LogP contribution in [0.15, 0.2) is 18.2 Å². The van der Waals surface area contributed by atoms with E-state index in [0.29, 0.717) is 18.7 Å². The highest BCUT2D eigenvalue weighted by molar-refractivity contribution is 5.81. The summed E-state index contributed by atoms with van der Waals surface area (Å²) >= 11 is 0. The van der Waals surface area contributed by atoms with Gasteiger partial charge in [0.25, 0.3) is 0 Å². The Balaban J connectivity index is 2.98. The second-order valence-corrected chi connectivity index (χ2v) is 4.78. The van der Waals surface area contributed by atoms with Crippen molar-refractivity contribution in [3.05, 3.63) is 29.6 Å². The van der Waals surface area contributed by atoms with Crippen molar-refractivity contribution in [1.82, 2.24) is 4.90 Å². The molecule has 0 saturated heterocycles. The van der Waals surface area contributed by atoms with Gasteiger partial charge >= 0.3 is 0 Å². The Morgan fingerprint density at radius 1 is 1.35 bits per heavy atom. The summed E-state index contributed by atoms with van der Waals surface area (Å²) < 4.78 is 14.0. The highest BCUT2D eigenvalue weighted by Gasteiger charge is 2.19. The highest BCUT2D eigenvalue weighted by Crippen LogP contribution is 2.28. The smallest absolute Gasteiger partial charge is 0.242 e. The average molecular weight is 282 g/mol. The van der Waals surface area contributed by atoms with E-state index in [1.165, 1.54) is 6.07 Å². The molecule has 1 aromatic rings. The van der Waals surface area contributed by atoms with Gasteiger partial charge in [-0.1, -0.05) is 12.1 Å². The van der Waals surface area contributed by atoms with E-state index in [-0.39, 0.29) is 18.1 Å². The molecule has 1 unspecified atom stereocenters. The number of aliphatic hydroxyl groups is 1. The third-order valence-electron chi connectivity index (χ3n) is 3.34. The first-order valence-corrected chi connectivity index (χ1v) is 6.87.